The smallest absolute Gasteiger partial charge is 0.304 e. The summed E-state index contributed by atoms with van der Waals surface area (Å²) in [6.07, 6.45) is -0.164. The molecule has 0 heterocycles. The lowest BCUT2D eigenvalue weighted by atomic mass is 10.4. The Bertz CT molecular complexity index is 270. The average Bonchev–Trinajstić information content (AvgIpc) is 1.99. The van der Waals surface area contributed by atoms with Crippen LogP contribution in [0.2, 0.25) is 0 Å². The number of carboxylic acids is 1. The highest BCUT2D eigenvalue weighted by atomic mass is 32.2. The molecule has 0 spiro atoms. The molecule has 0 atom stereocenters. The van der Waals surface area contributed by atoms with Crippen molar-refractivity contribution >= 4 is 16.0 Å². The number of hydrogen-bond acceptors (Lipinski definition) is 3. The first-order chi connectivity index (χ1) is 5.78. The Morgan fingerprint density at radius 2 is 1.92 bits per heavy atom. The molecular weight excluding hydrogens is 194 g/mol. The van der Waals surface area contributed by atoms with E-state index in [0.717, 1.165) is 4.31 Å². The molecule has 0 aromatic rings. The lowest BCUT2D eigenvalue weighted by Gasteiger charge is -2.18. The SMILES string of the molecule is CC(C)S(=O)(=O)N(C)CCC(=O)O. The van der Waals surface area contributed by atoms with Gasteiger partial charge in [-0.15, -0.1) is 0 Å². The molecule has 0 amide bonds. The molecule has 0 saturated carbocycles. The average molecular weight is 209 g/mol. The molecule has 5 nitrogen and oxygen atoms in total. The Hall–Kier alpha value is -0.620. The van der Waals surface area contributed by atoms with Gasteiger partial charge in [0.1, 0.15) is 0 Å². The Labute approximate surface area is 78.4 Å². The number of aliphatic carboxylic acids is 1. The van der Waals surface area contributed by atoms with Crippen molar-refractivity contribution in [1.29, 1.82) is 0 Å². The van der Waals surface area contributed by atoms with E-state index in [1.165, 1.54) is 7.05 Å². The predicted octanol–water partition coefficient (Wildman–Crippen LogP) is 0.131. The van der Waals surface area contributed by atoms with Crippen LogP contribution in [-0.4, -0.2) is 42.6 Å². The van der Waals surface area contributed by atoms with Gasteiger partial charge in [-0.3, -0.25) is 4.79 Å². The first-order valence-electron chi connectivity index (χ1n) is 3.95. The molecule has 0 rings (SSSR count). The van der Waals surface area contributed by atoms with Crippen LogP contribution in [0.25, 0.3) is 0 Å². The van der Waals surface area contributed by atoms with Gasteiger partial charge in [-0.1, -0.05) is 0 Å². The maximum absolute atomic E-state index is 11.4. The molecule has 0 bridgehead atoms. The summed E-state index contributed by atoms with van der Waals surface area (Å²) >= 11 is 0. The third-order valence-electron chi connectivity index (χ3n) is 1.67. The van der Waals surface area contributed by atoms with Crippen molar-refractivity contribution in [2.75, 3.05) is 13.6 Å². The van der Waals surface area contributed by atoms with Crippen LogP contribution in [0.4, 0.5) is 0 Å². The van der Waals surface area contributed by atoms with Crippen molar-refractivity contribution in [3.05, 3.63) is 0 Å². The van der Waals surface area contributed by atoms with E-state index in [1.54, 1.807) is 13.8 Å². The third kappa shape index (κ3) is 3.73. The lowest BCUT2D eigenvalue weighted by Crippen LogP contribution is -2.34. The lowest BCUT2D eigenvalue weighted by molar-refractivity contribution is -0.137. The van der Waals surface area contributed by atoms with E-state index in [4.69, 9.17) is 5.11 Å². The van der Waals surface area contributed by atoms with Gasteiger partial charge in [-0.2, -0.15) is 0 Å². The van der Waals surface area contributed by atoms with Gasteiger partial charge >= 0.3 is 5.97 Å². The first kappa shape index (κ1) is 12.4. The minimum absolute atomic E-state index is 0.0237. The molecule has 0 fully saturated rings. The zero-order valence-electron chi connectivity index (χ0n) is 8.02. The van der Waals surface area contributed by atoms with E-state index < -0.39 is 21.2 Å². The number of carboxylic acid groups (broad SMARTS) is 1. The van der Waals surface area contributed by atoms with E-state index >= 15 is 0 Å². The molecule has 0 unspecified atom stereocenters. The highest BCUT2D eigenvalue weighted by molar-refractivity contribution is 7.89. The zero-order chi connectivity index (χ0) is 10.6. The molecule has 0 aliphatic rings. The molecule has 78 valence electrons. The van der Waals surface area contributed by atoms with E-state index in [0.29, 0.717) is 0 Å². The van der Waals surface area contributed by atoms with Crippen LogP contribution in [0.5, 0.6) is 0 Å². The molecule has 0 aromatic heterocycles. The van der Waals surface area contributed by atoms with Crippen LogP contribution in [0.3, 0.4) is 0 Å². The van der Waals surface area contributed by atoms with Gasteiger partial charge in [0.25, 0.3) is 0 Å². The molecule has 0 aromatic carbocycles. The molecule has 0 aliphatic heterocycles. The number of carbonyl (C=O) groups is 1. The molecule has 1 N–H and O–H groups in total. The van der Waals surface area contributed by atoms with Crippen molar-refractivity contribution in [2.24, 2.45) is 0 Å². The van der Waals surface area contributed by atoms with Crippen molar-refractivity contribution in [3.8, 4) is 0 Å². The van der Waals surface area contributed by atoms with Gasteiger partial charge in [0, 0.05) is 13.6 Å². The predicted molar refractivity (Wildman–Crippen MR) is 48.9 cm³/mol. The summed E-state index contributed by atoms with van der Waals surface area (Å²) in [4.78, 5) is 10.2. The van der Waals surface area contributed by atoms with Crippen molar-refractivity contribution in [3.63, 3.8) is 0 Å². The van der Waals surface area contributed by atoms with Gasteiger partial charge in [0.2, 0.25) is 10.0 Å². The molecular formula is C7H15NO4S. The normalized spacial score (nSPS) is 12.4. The van der Waals surface area contributed by atoms with E-state index in [2.05, 4.69) is 0 Å². The highest BCUT2D eigenvalue weighted by Gasteiger charge is 2.22. The molecule has 6 heteroatoms. The number of sulfonamides is 1. The number of hydrogen-bond donors (Lipinski definition) is 1. The second kappa shape index (κ2) is 4.57. The van der Waals surface area contributed by atoms with Crippen molar-refractivity contribution in [2.45, 2.75) is 25.5 Å². The van der Waals surface area contributed by atoms with Gasteiger partial charge in [0.15, 0.2) is 0 Å². The van der Waals surface area contributed by atoms with Crippen molar-refractivity contribution < 1.29 is 18.3 Å². The molecule has 0 radical (unpaired) electrons. The summed E-state index contributed by atoms with van der Waals surface area (Å²) in [7, 11) is -1.92. The maximum atomic E-state index is 11.4. The van der Waals surface area contributed by atoms with E-state index in [9.17, 15) is 13.2 Å². The van der Waals surface area contributed by atoms with E-state index in [1.807, 2.05) is 0 Å². The Kier molecular flexibility index (Phi) is 4.35. The van der Waals surface area contributed by atoms with Crippen LogP contribution in [0.15, 0.2) is 0 Å². The minimum atomic E-state index is -3.30. The van der Waals surface area contributed by atoms with Crippen LogP contribution >= 0.6 is 0 Å². The van der Waals surface area contributed by atoms with Crippen LogP contribution < -0.4 is 0 Å². The molecule has 0 saturated heterocycles. The summed E-state index contributed by atoms with van der Waals surface area (Å²) in [5, 5.41) is 7.84. The third-order valence-corrected chi connectivity index (χ3v) is 3.91. The maximum Gasteiger partial charge on any atom is 0.304 e. The topological polar surface area (TPSA) is 74.7 Å². The summed E-state index contributed by atoms with van der Waals surface area (Å²) < 4.78 is 23.8. The standard InChI is InChI=1S/C7H15NO4S/c1-6(2)13(11,12)8(3)5-4-7(9)10/h6H,4-5H2,1-3H3,(H,9,10). The Morgan fingerprint density at radius 3 is 2.23 bits per heavy atom. The van der Waals surface area contributed by atoms with Crippen LogP contribution in [0, 0.1) is 0 Å². The zero-order valence-corrected chi connectivity index (χ0v) is 8.84. The molecule has 13 heavy (non-hydrogen) atoms. The summed E-state index contributed by atoms with van der Waals surface area (Å²) in [5.41, 5.74) is 0. The number of rotatable bonds is 5. The second-order valence-corrected chi connectivity index (χ2v) is 5.66. The van der Waals surface area contributed by atoms with Gasteiger partial charge in [-0.05, 0) is 13.8 Å². The quantitative estimate of drug-likeness (QED) is 0.698. The van der Waals surface area contributed by atoms with Crippen molar-refractivity contribution in [1.82, 2.24) is 4.31 Å². The molecule has 0 aliphatic carbocycles. The monoisotopic (exact) mass is 209 g/mol. The minimum Gasteiger partial charge on any atom is -0.481 e. The fourth-order valence-corrected chi connectivity index (χ4v) is 1.81. The fraction of sp³-hybridized carbons (Fsp3) is 0.857. The van der Waals surface area contributed by atoms with Gasteiger partial charge in [0.05, 0.1) is 11.7 Å². The van der Waals surface area contributed by atoms with Crippen LogP contribution in [0.1, 0.15) is 20.3 Å². The van der Waals surface area contributed by atoms with Gasteiger partial charge < -0.3 is 5.11 Å². The summed E-state index contributed by atoms with van der Waals surface area (Å²) in [5.74, 6) is -0.995. The fourth-order valence-electron chi connectivity index (χ4n) is 0.740. The second-order valence-electron chi connectivity index (χ2n) is 3.06. The highest BCUT2D eigenvalue weighted by Crippen LogP contribution is 2.05. The van der Waals surface area contributed by atoms with Crippen LogP contribution in [-0.2, 0) is 14.8 Å². The summed E-state index contributed by atoms with van der Waals surface area (Å²) in [6, 6.07) is 0. The Morgan fingerprint density at radius 1 is 1.46 bits per heavy atom. The van der Waals surface area contributed by atoms with Gasteiger partial charge in [-0.25, -0.2) is 12.7 Å². The first-order valence-corrected chi connectivity index (χ1v) is 5.45. The van der Waals surface area contributed by atoms with E-state index in [-0.39, 0.29) is 13.0 Å². The Balaban J connectivity index is 4.27. The largest absolute Gasteiger partial charge is 0.481 e. The number of nitrogens with zero attached hydrogens (tertiary/aromatic N) is 1. The summed E-state index contributed by atoms with van der Waals surface area (Å²) in [6.45, 7) is 3.15.